The number of hydrogen-bond donors (Lipinski definition) is 1. The highest BCUT2D eigenvalue weighted by molar-refractivity contribution is 5.93. The number of aromatic nitrogens is 2. The zero-order chi connectivity index (χ0) is 21.4. The lowest BCUT2D eigenvalue weighted by Crippen LogP contribution is -2.52. The highest BCUT2D eigenvalue weighted by Gasteiger charge is 2.29. The summed E-state index contributed by atoms with van der Waals surface area (Å²) in [7, 11) is 0. The lowest BCUT2D eigenvalue weighted by molar-refractivity contribution is 0.376. The smallest absolute Gasteiger partial charge is 0.257 e. The van der Waals surface area contributed by atoms with Gasteiger partial charge in [0.2, 0.25) is 11.9 Å². The summed E-state index contributed by atoms with van der Waals surface area (Å²) in [6.45, 7) is 7.41. The molecule has 2 aromatic carbocycles. The molecule has 3 heterocycles. The van der Waals surface area contributed by atoms with Crippen LogP contribution in [0.1, 0.15) is 23.0 Å². The van der Waals surface area contributed by atoms with Gasteiger partial charge in [0.1, 0.15) is 0 Å². The number of aliphatic imine (C=N–C) groups is 1. The van der Waals surface area contributed by atoms with Gasteiger partial charge in [-0.05, 0) is 31.5 Å². The van der Waals surface area contributed by atoms with Crippen LogP contribution in [0.3, 0.4) is 0 Å². The molecule has 1 saturated heterocycles. The van der Waals surface area contributed by atoms with Crippen molar-refractivity contribution in [1.82, 2.24) is 14.5 Å². The molecule has 0 amide bonds. The second-order valence-electron chi connectivity index (χ2n) is 8.10. The zero-order valence-electron chi connectivity index (χ0n) is 17.8. The van der Waals surface area contributed by atoms with Gasteiger partial charge in [0.05, 0.1) is 0 Å². The van der Waals surface area contributed by atoms with Crippen LogP contribution in [0.5, 0.6) is 0 Å². The van der Waals surface area contributed by atoms with E-state index in [1.165, 1.54) is 11.3 Å². The van der Waals surface area contributed by atoms with E-state index in [1.807, 2.05) is 25.1 Å². The maximum atomic E-state index is 12.8. The van der Waals surface area contributed by atoms with E-state index in [4.69, 9.17) is 4.99 Å². The standard InChI is InChI=1S/C24H26N6O/c1-17-8-10-19(11-9-17)22-26-23(27-24-25-18(2)16-21(31)30(22)24)29-14-12-28(13-15-29)20-6-4-3-5-7-20/h3-11,16,22H,12-15H2,1-2H3,(H,25,26,27)/t22-/m1/s1. The van der Waals surface area contributed by atoms with Crippen molar-refractivity contribution < 1.29 is 0 Å². The molecule has 7 heteroatoms. The van der Waals surface area contributed by atoms with E-state index < -0.39 is 6.17 Å². The second-order valence-corrected chi connectivity index (χ2v) is 8.10. The van der Waals surface area contributed by atoms with Gasteiger partial charge < -0.3 is 9.80 Å². The minimum atomic E-state index is -0.431. The molecule has 0 spiro atoms. The molecule has 2 aliphatic rings. The number of guanidine groups is 1. The van der Waals surface area contributed by atoms with Crippen molar-refractivity contribution in [2.75, 3.05) is 36.4 Å². The van der Waals surface area contributed by atoms with Gasteiger partial charge in [0.15, 0.2) is 6.17 Å². The molecule has 1 N–H and O–H groups in total. The monoisotopic (exact) mass is 414 g/mol. The summed E-state index contributed by atoms with van der Waals surface area (Å²) in [5.41, 5.74) is 3.99. The SMILES string of the molecule is Cc1ccc([C@@H]2N=C(N3CCN(c4ccccc4)CC3)Nc3nc(C)cc(=O)n32)cc1. The maximum Gasteiger partial charge on any atom is 0.257 e. The number of fused-ring (bicyclic) bond motifs is 1. The molecule has 2 aliphatic heterocycles. The highest BCUT2D eigenvalue weighted by atomic mass is 16.1. The Kier molecular flexibility index (Phi) is 4.94. The second kappa shape index (κ2) is 7.91. The molecular formula is C24H26N6O. The Bertz CT molecular complexity index is 1160. The predicted molar refractivity (Wildman–Crippen MR) is 124 cm³/mol. The van der Waals surface area contributed by atoms with Crippen molar-refractivity contribution in [2.45, 2.75) is 20.0 Å². The Morgan fingerprint density at radius 1 is 0.903 bits per heavy atom. The van der Waals surface area contributed by atoms with Crippen LogP contribution in [0.2, 0.25) is 0 Å². The third-order valence-electron chi connectivity index (χ3n) is 5.87. The topological polar surface area (TPSA) is 65.8 Å². The van der Waals surface area contributed by atoms with Crippen molar-refractivity contribution in [3.63, 3.8) is 0 Å². The number of nitrogens with zero attached hydrogens (tertiary/aromatic N) is 5. The fraction of sp³-hybridized carbons (Fsp3) is 0.292. The molecule has 0 radical (unpaired) electrons. The fourth-order valence-electron chi connectivity index (χ4n) is 4.17. The van der Waals surface area contributed by atoms with Crippen molar-refractivity contribution in [1.29, 1.82) is 0 Å². The Morgan fingerprint density at radius 2 is 1.58 bits per heavy atom. The van der Waals surface area contributed by atoms with E-state index in [2.05, 4.69) is 63.4 Å². The van der Waals surface area contributed by atoms with Gasteiger partial charge in [0, 0.05) is 43.6 Å². The minimum Gasteiger partial charge on any atom is -0.368 e. The lowest BCUT2D eigenvalue weighted by atomic mass is 10.1. The normalized spacial score (nSPS) is 18.3. The largest absolute Gasteiger partial charge is 0.368 e. The molecule has 1 atom stereocenters. The fourth-order valence-corrected chi connectivity index (χ4v) is 4.17. The van der Waals surface area contributed by atoms with Crippen LogP contribution >= 0.6 is 0 Å². The number of piperazine rings is 1. The van der Waals surface area contributed by atoms with E-state index in [-0.39, 0.29) is 5.56 Å². The molecule has 7 nitrogen and oxygen atoms in total. The third kappa shape index (κ3) is 3.79. The summed E-state index contributed by atoms with van der Waals surface area (Å²) < 4.78 is 1.64. The molecule has 3 aromatic rings. The number of benzene rings is 2. The number of hydrogen-bond acceptors (Lipinski definition) is 6. The van der Waals surface area contributed by atoms with Gasteiger partial charge in [-0.2, -0.15) is 0 Å². The minimum absolute atomic E-state index is 0.0997. The van der Waals surface area contributed by atoms with Crippen molar-refractivity contribution >= 4 is 17.6 Å². The van der Waals surface area contributed by atoms with Crippen molar-refractivity contribution in [2.24, 2.45) is 4.99 Å². The molecule has 1 fully saturated rings. The van der Waals surface area contributed by atoms with E-state index >= 15 is 0 Å². The van der Waals surface area contributed by atoms with E-state index in [1.54, 1.807) is 10.6 Å². The van der Waals surface area contributed by atoms with Crippen molar-refractivity contribution in [3.8, 4) is 0 Å². The molecule has 0 bridgehead atoms. The molecule has 158 valence electrons. The molecule has 5 rings (SSSR count). The predicted octanol–water partition coefficient (Wildman–Crippen LogP) is 3.01. The summed E-state index contributed by atoms with van der Waals surface area (Å²) in [4.78, 5) is 27.0. The number of nitrogens with one attached hydrogen (secondary N) is 1. The molecular weight excluding hydrogens is 388 g/mol. The highest BCUT2D eigenvalue weighted by Crippen LogP contribution is 2.27. The molecule has 31 heavy (non-hydrogen) atoms. The Hall–Kier alpha value is -3.61. The molecule has 0 saturated carbocycles. The molecule has 1 aromatic heterocycles. The molecule has 0 aliphatic carbocycles. The van der Waals surface area contributed by atoms with Crippen LogP contribution in [0, 0.1) is 13.8 Å². The van der Waals surface area contributed by atoms with Crippen LogP contribution in [0.15, 0.2) is 70.5 Å². The van der Waals surface area contributed by atoms with Gasteiger partial charge in [0.25, 0.3) is 5.56 Å². The van der Waals surface area contributed by atoms with Gasteiger partial charge in [-0.1, -0.05) is 48.0 Å². The van der Waals surface area contributed by atoms with Gasteiger partial charge in [-0.15, -0.1) is 0 Å². The quantitative estimate of drug-likeness (QED) is 0.698. The number of anilines is 2. The van der Waals surface area contributed by atoms with E-state index in [9.17, 15) is 4.79 Å². The maximum absolute atomic E-state index is 12.8. The van der Waals surface area contributed by atoms with Gasteiger partial charge in [-0.3, -0.25) is 14.7 Å². The summed E-state index contributed by atoms with van der Waals surface area (Å²) in [5, 5.41) is 3.32. The van der Waals surface area contributed by atoms with E-state index in [0.29, 0.717) is 11.6 Å². The number of rotatable bonds is 2. The van der Waals surface area contributed by atoms with E-state index in [0.717, 1.165) is 37.7 Å². The van der Waals surface area contributed by atoms with Crippen LogP contribution in [-0.4, -0.2) is 46.6 Å². The first kappa shape index (κ1) is 19.4. The molecule has 0 unspecified atom stereocenters. The summed E-state index contributed by atoms with van der Waals surface area (Å²) in [6.07, 6.45) is -0.431. The number of aryl methyl sites for hydroxylation is 2. The van der Waals surface area contributed by atoms with Crippen LogP contribution < -0.4 is 15.8 Å². The van der Waals surface area contributed by atoms with Gasteiger partial charge >= 0.3 is 0 Å². The average molecular weight is 415 g/mol. The number of para-hydroxylation sites is 1. The summed E-state index contributed by atoms with van der Waals surface area (Å²) in [6, 6.07) is 20.2. The Balaban J connectivity index is 1.45. The van der Waals surface area contributed by atoms with Crippen molar-refractivity contribution in [3.05, 3.63) is 87.8 Å². The zero-order valence-corrected chi connectivity index (χ0v) is 17.8. The average Bonchev–Trinajstić information content (AvgIpc) is 2.79. The summed E-state index contributed by atoms with van der Waals surface area (Å²) >= 11 is 0. The van der Waals surface area contributed by atoms with Crippen LogP contribution in [0.25, 0.3) is 0 Å². The first-order valence-corrected chi connectivity index (χ1v) is 10.6. The third-order valence-corrected chi connectivity index (χ3v) is 5.87. The first-order chi connectivity index (χ1) is 15.1. The Morgan fingerprint density at radius 3 is 2.29 bits per heavy atom. The Labute approximate surface area is 181 Å². The van der Waals surface area contributed by atoms with Crippen LogP contribution in [0.4, 0.5) is 11.6 Å². The lowest BCUT2D eigenvalue weighted by Gasteiger charge is -2.39. The first-order valence-electron chi connectivity index (χ1n) is 10.6. The van der Waals surface area contributed by atoms with Gasteiger partial charge in [-0.25, -0.2) is 9.98 Å². The summed E-state index contributed by atoms with van der Waals surface area (Å²) in [5.74, 6) is 1.32. The van der Waals surface area contributed by atoms with Crippen LogP contribution in [-0.2, 0) is 0 Å².